The Morgan fingerprint density at radius 1 is 1.33 bits per heavy atom. The molecule has 0 radical (unpaired) electrons. The van der Waals surface area contributed by atoms with Crippen molar-refractivity contribution in [2.45, 2.75) is 13.0 Å². The van der Waals surface area contributed by atoms with Crippen LogP contribution >= 0.6 is 11.6 Å². The van der Waals surface area contributed by atoms with Gasteiger partial charge in [-0.1, -0.05) is 6.07 Å². The number of aromatic nitrogens is 2. The van der Waals surface area contributed by atoms with Gasteiger partial charge in [0, 0.05) is 6.04 Å². The van der Waals surface area contributed by atoms with Gasteiger partial charge in [0.15, 0.2) is 0 Å². The first-order chi connectivity index (χ1) is 8.41. The molecule has 0 amide bonds. The molecule has 0 saturated carbocycles. The topological polar surface area (TPSA) is 94.8 Å². The first-order valence-corrected chi connectivity index (χ1v) is 7.38. The Bertz CT molecular complexity index is 719. The molecule has 1 unspecified atom stereocenters. The minimum absolute atomic E-state index is 0.295. The first-order valence-electron chi connectivity index (χ1n) is 5.19. The Hall–Kier alpha value is -1.31. The van der Waals surface area contributed by atoms with Crippen LogP contribution in [0.1, 0.15) is 18.5 Å². The van der Waals surface area contributed by atoms with Crippen molar-refractivity contribution in [1.29, 1.82) is 0 Å². The van der Waals surface area contributed by atoms with E-state index in [4.69, 9.17) is 11.6 Å². The zero-order valence-corrected chi connectivity index (χ0v) is 11.1. The van der Waals surface area contributed by atoms with Crippen molar-refractivity contribution in [1.82, 2.24) is 14.7 Å². The largest absolute Gasteiger partial charge is 0.323 e. The van der Waals surface area contributed by atoms with Crippen LogP contribution in [0, 0.1) is 0 Å². The number of sulfonamides is 1. The number of rotatable bonds is 4. The second kappa shape index (κ2) is 4.75. The van der Waals surface area contributed by atoms with Crippen molar-refractivity contribution in [3.8, 4) is 0 Å². The Morgan fingerprint density at radius 2 is 2.00 bits per heavy atom. The van der Waals surface area contributed by atoms with E-state index in [1.807, 2.05) is 0 Å². The summed E-state index contributed by atoms with van der Waals surface area (Å²) < 4.78 is 25.1. The molecule has 0 spiro atoms. The molecular weight excluding hydrogens is 278 g/mol. The molecule has 0 aliphatic heterocycles. The second-order valence-electron chi connectivity index (χ2n) is 3.95. The quantitative estimate of drug-likeness (QED) is 0.734. The highest BCUT2D eigenvalue weighted by Crippen LogP contribution is 2.17. The molecule has 0 aliphatic carbocycles. The van der Waals surface area contributed by atoms with Gasteiger partial charge in [-0.05, 0) is 24.6 Å². The smallest absolute Gasteiger partial charge is 0.306 e. The van der Waals surface area contributed by atoms with Crippen LogP contribution in [-0.2, 0) is 10.0 Å². The lowest BCUT2D eigenvalue weighted by molar-refractivity contribution is 0.572. The van der Waals surface area contributed by atoms with Crippen LogP contribution in [-0.4, -0.2) is 23.6 Å². The molecule has 1 aromatic carbocycles. The van der Waals surface area contributed by atoms with Crippen LogP contribution in [0.5, 0.6) is 0 Å². The molecule has 0 aliphatic rings. The molecule has 0 saturated heterocycles. The van der Waals surface area contributed by atoms with Crippen LogP contribution in [0.3, 0.4) is 0 Å². The third-order valence-corrected chi connectivity index (χ3v) is 4.40. The van der Waals surface area contributed by atoms with Crippen LogP contribution in [0.4, 0.5) is 0 Å². The molecule has 18 heavy (non-hydrogen) atoms. The summed E-state index contributed by atoms with van der Waals surface area (Å²) in [6.07, 6.45) is 0. The molecule has 8 heteroatoms. The number of fused-ring (bicyclic) bond motifs is 1. The maximum absolute atomic E-state index is 11.3. The molecule has 2 rings (SSSR count). The number of nitrogens with one attached hydrogen (secondary N) is 3. The van der Waals surface area contributed by atoms with E-state index >= 15 is 0 Å². The van der Waals surface area contributed by atoms with E-state index in [1.165, 1.54) is 0 Å². The first kappa shape index (κ1) is 13.1. The molecule has 1 atom stereocenters. The van der Waals surface area contributed by atoms with E-state index in [0.717, 1.165) is 5.56 Å². The highest BCUT2D eigenvalue weighted by molar-refractivity contribution is 7.90. The lowest BCUT2D eigenvalue weighted by Crippen LogP contribution is -2.27. The molecule has 1 aromatic heterocycles. The summed E-state index contributed by atoms with van der Waals surface area (Å²) in [5.74, 6) is 0. The van der Waals surface area contributed by atoms with Crippen LogP contribution in [0.25, 0.3) is 11.0 Å². The van der Waals surface area contributed by atoms with Crippen molar-refractivity contribution >= 4 is 32.7 Å². The Balaban J connectivity index is 2.33. The average Bonchev–Trinajstić information content (AvgIpc) is 2.67. The van der Waals surface area contributed by atoms with Crippen molar-refractivity contribution in [3.63, 3.8) is 0 Å². The second-order valence-corrected chi connectivity index (χ2v) is 6.29. The summed E-state index contributed by atoms with van der Waals surface area (Å²) in [4.78, 5) is 16.3. The van der Waals surface area contributed by atoms with Crippen LogP contribution in [0.2, 0.25) is 0 Å². The lowest BCUT2D eigenvalue weighted by Gasteiger charge is -2.13. The Morgan fingerprint density at radius 3 is 2.67 bits per heavy atom. The minimum atomic E-state index is -3.48. The van der Waals surface area contributed by atoms with Crippen LogP contribution in [0.15, 0.2) is 23.0 Å². The Labute approximate surface area is 108 Å². The molecule has 0 fully saturated rings. The van der Waals surface area contributed by atoms with Gasteiger partial charge in [-0.25, -0.2) is 17.9 Å². The fraction of sp³-hybridized carbons (Fsp3) is 0.300. The predicted molar refractivity (Wildman–Crippen MR) is 70.1 cm³/mol. The van der Waals surface area contributed by atoms with Crippen molar-refractivity contribution in [2.75, 3.05) is 5.21 Å². The number of imidazole rings is 1. The zero-order chi connectivity index (χ0) is 13.3. The predicted octanol–water partition coefficient (Wildman–Crippen LogP) is 1.03. The summed E-state index contributed by atoms with van der Waals surface area (Å²) >= 11 is 5.32. The number of H-pyrrole nitrogens is 2. The fourth-order valence-corrected chi connectivity index (χ4v) is 2.62. The third kappa shape index (κ3) is 2.74. The van der Waals surface area contributed by atoms with E-state index in [-0.39, 0.29) is 5.69 Å². The van der Waals surface area contributed by atoms with E-state index in [2.05, 4.69) is 14.7 Å². The molecule has 2 aromatic rings. The van der Waals surface area contributed by atoms with Gasteiger partial charge in [0.25, 0.3) is 0 Å². The third-order valence-electron chi connectivity index (χ3n) is 2.54. The average molecular weight is 290 g/mol. The molecular formula is C10H12ClN3O3S. The number of aromatic amines is 2. The highest BCUT2D eigenvalue weighted by atomic mass is 35.5. The van der Waals surface area contributed by atoms with Crippen LogP contribution < -0.4 is 10.4 Å². The summed E-state index contributed by atoms with van der Waals surface area (Å²) in [6.45, 7) is 1.70. The van der Waals surface area contributed by atoms with Crippen molar-refractivity contribution in [3.05, 3.63) is 34.2 Å². The number of benzene rings is 1. The minimum Gasteiger partial charge on any atom is -0.306 e. The van der Waals surface area contributed by atoms with Gasteiger partial charge in [-0.15, -0.1) is 11.6 Å². The monoisotopic (exact) mass is 289 g/mol. The molecule has 1 heterocycles. The van der Waals surface area contributed by atoms with E-state index in [0.29, 0.717) is 11.0 Å². The van der Waals surface area contributed by atoms with Gasteiger partial charge in [-0.3, -0.25) is 0 Å². The van der Waals surface area contributed by atoms with E-state index < -0.39 is 21.3 Å². The van der Waals surface area contributed by atoms with Crippen molar-refractivity contribution < 1.29 is 8.42 Å². The lowest BCUT2D eigenvalue weighted by atomic mass is 10.1. The maximum Gasteiger partial charge on any atom is 0.323 e. The molecule has 6 nitrogen and oxygen atoms in total. The van der Waals surface area contributed by atoms with E-state index in [1.54, 1.807) is 25.1 Å². The summed E-state index contributed by atoms with van der Waals surface area (Å²) in [6, 6.07) is 4.76. The maximum atomic E-state index is 11.3. The van der Waals surface area contributed by atoms with Crippen molar-refractivity contribution in [2.24, 2.45) is 0 Å². The van der Waals surface area contributed by atoms with Gasteiger partial charge >= 0.3 is 5.69 Å². The SMILES string of the molecule is CC(NS(=O)(=O)CCl)c1ccc2[nH]c(=O)[nH]c2c1. The molecule has 3 N–H and O–H groups in total. The van der Waals surface area contributed by atoms with Gasteiger partial charge in [-0.2, -0.15) is 0 Å². The molecule has 98 valence electrons. The van der Waals surface area contributed by atoms with Gasteiger partial charge in [0.05, 0.1) is 11.0 Å². The Kier molecular flexibility index (Phi) is 3.47. The van der Waals surface area contributed by atoms with E-state index in [9.17, 15) is 13.2 Å². The summed E-state index contributed by atoms with van der Waals surface area (Å²) in [5.41, 5.74) is 1.76. The van der Waals surface area contributed by atoms with Gasteiger partial charge in [0.1, 0.15) is 5.21 Å². The van der Waals surface area contributed by atoms with Gasteiger partial charge < -0.3 is 9.97 Å². The zero-order valence-electron chi connectivity index (χ0n) is 9.53. The number of alkyl halides is 1. The summed E-state index contributed by atoms with van der Waals surface area (Å²) in [7, 11) is -3.48. The molecule has 0 bridgehead atoms. The number of halogens is 1. The standard InChI is InChI=1S/C10H12ClN3O3S/c1-6(14-18(16,17)5-11)7-2-3-8-9(4-7)13-10(15)12-8/h2-4,6,14H,5H2,1H3,(H2,12,13,15). The number of hydrogen-bond acceptors (Lipinski definition) is 3. The summed E-state index contributed by atoms with van der Waals surface area (Å²) in [5, 5.41) is -0.486. The number of hydrogen-bond donors (Lipinski definition) is 3. The highest BCUT2D eigenvalue weighted by Gasteiger charge is 2.15. The fourth-order valence-electron chi connectivity index (χ4n) is 1.69. The normalized spacial score (nSPS) is 13.9. The van der Waals surface area contributed by atoms with Gasteiger partial charge in [0.2, 0.25) is 10.0 Å².